The number of carbonyl (C=O) groups is 1. The van der Waals surface area contributed by atoms with Crippen LogP contribution in [0.5, 0.6) is 11.5 Å². The lowest BCUT2D eigenvalue weighted by Gasteiger charge is -2.40. The number of benzene rings is 2. The molecule has 3 N–H and O–H groups in total. The summed E-state index contributed by atoms with van der Waals surface area (Å²) in [5.74, 6) is -2.07. The van der Waals surface area contributed by atoms with E-state index in [0.29, 0.717) is 5.56 Å². The zero-order valence-corrected chi connectivity index (χ0v) is 18.2. The Morgan fingerprint density at radius 2 is 1.63 bits per heavy atom. The van der Waals surface area contributed by atoms with Crippen LogP contribution in [0.25, 0.3) is 22.1 Å². The fourth-order valence-corrected chi connectivity index (χ4v) is 3.81. The molecule has 0 unspecified atom stereocenters. The molecule has 1 aromatic heterocycles. The third kappa shape index (κ3) is 5.12. The van der Waals surface area contributed by atoms with Crippen molar-refractivity contribution in [2.75, 3.05) is 0 Å². The lowest BCUT2D eigenvalue weighted by Crippen LogP contribution is -2.63. The van der Waals surface area contributed by atoms with Crippen molar-refractivity contribution < 1.29 is 56.3 Å². The van der Waals surface area contributed by atoms with Crippen LogP contribution < -0.4 is 19.5 Å². The van der Waals surface area contributed by atoms with Crippen LogP contribution in [-0.2, 0) is 19.9 Å². The maximum absolute atomic E-state index is 12.9. The summed E-state index contributed by atoms with van der Waals surface area (Å²) in [6, 6.07) is 8.98. The third-order valence-electron chi connectivity index (χ3n) is 5.16. The van der Waals surface area contributed by atoms with Gasteiger partial charge in [-0.25, -0.2) is 8.42 Å². The molecule has 1 aliphatic heterocycles. The number of aliphatic hydroxyl groups excluding tert-OH is 3. The van der Waals surface area contributed by atoms with Crippen LogP contribution in [0.2, 0.25) is 0 Å². The molecule has 14 heteroatoms. The average Bonchev–Trinajstić information content (AvgIpc) is 2.79. The van der Waals surface area contributed by atoms with E-state index in [1.54, 1.807) is 0 Å². The number of hydrogen-bond acceptors (Lipinski definition) is 13. The van der Waals surface area contributed by atoms with Gasteiger partial charge in [0, 0.05) is 6.07 Å². The van der Waals surface area contributed by atoms with Gasteiger partial charge in [0.05, 0.1) is 16.9 Å². The van der Waals surface area contributed by atoms with Crippen LogP contribution in [0, 0.1) is 0 Å². The minimum Gasteiger partial charge on any atom is -0.716 e. The van der Waals surface area contributed by atoms with Crippen LogP contribution in [0.4, 0.5) is 0 Å². The lowest BCUT2D eigenvalue weighted by molar-refractivity contribution is -0.342. The Kier molecular flexibility index (Phi) is 6.50. The molecule has 0 saturated carbocycles. The molecule has 1 fully saturated rings. The van der Waals surface area contributed by atoms with Gasteiger partial charge in [0.2, 0.25) is 6.29 Å². The highest BCUT2D eigenvalue weighted by atomic mass is 32.3. The van der Waals surface area contributed by atoms with Crippen LogP contribution in [0.1, 0.15) is 0 Å². The fraction of sp³-hybridized carbons (Fsp3) is 0.238. The van der Waals surface area contributed by atoms with E-state index in [9.17, 15) is 43.0 Å². The Labute approximate surface area is 196 Å². The van der Waals surface area contributed by atoms with Crippen LogP contribution in [-0.4, -0.2) is 65.0 Å². The van der Waals surface area contributed by atoms with Gasteiger partial charge in [-0.1, -0.05) is 12.1 Å². The van der Waals surface area contributed by atoms with Gasteiger partial charge in [0.1, 0.15) is 47.8 Å². The molecule has 0 amide bonds. The first-order chi connectivity index (χ1) is 16.4. The normalized spacial score (nSPS) is 24.7. The molecule has 1 aliphatic rings. The van der Waals surface area contributed by atoms with Gasteiger partial charge >= 0.3 is 0 Å². The Hall–Kier alpha value is -3.53. The standard InChI is InChI=1S/C21H18O13S/c22-15-12-6-5-11(32-21-18(25)16(23)17(24)19(33-21)20(26)27)7-14(12)31-8-13(15)9-1-3-10(4-2-9)34-35(28,29)30/h1-8,16-19,21,23-25H,(H,26,27)(H,28,29,30)/p-2/t16-,17-,18+,19-,21+/m0/s1. The number of aliphatic carboxylic acids is 1. The average molecular weight is 508 g/mol. The van der Waals surface area contributed by atoms with Crippen molar-refractivity contribution in [3.8, 4) is 22.6 Å². The van der Waals surface area contributed by atoms with Gasteiger partial charge in [0.25, 0.3) is 10.4 Å². The lowest BCUT2D eigenvalue weighted by atomic mass is 9.99. The second kappa shape index (κ2) is 9.26. The van der Waals surface area contributed by atoms with Crippen molar-refractivity contribution in [1.29, 1.82) is 0 Å². The summed E-state index contributed by atoms with van der Waals surface area (Å²) < 4.78 is 52.1. The fourth-order valence-electron chi connectivity index (χ4n) is 3.46. The zero-order valence-electron chi connectivity index (χ0n) is 17.3. The van der Waals surface area contributed by atoms with Gasteiger partial charge in [-0.2, -0.15) is 0 Å². The zero-order chi connectivity index (χ0) is 25.5. The molecule has 3 aromatic rings. The Balaban J connectivity index is 1.59. The van der Waals surface area contributed by atoms with Crippen molar-refractivity contribution in [2.45, 2.75) is 30.7 Å². The first-order valence-electron chi connectivity index (χ1n) is 9.83. The number of fused-ring (bicyclic) bond motifs is 1. The van der Waals surface area contributed by atoms with E-state index in [1.165, 1.54) is 42.5 Å². The molecule has 2 aromatic carbocycles. The molecule has 5 atom stereocenters. The van der Waals surface area contributed by atoms with Crippen molar-refractivity contribution in [3.63, 3.8) is 0 Å². The summed E-state index contributed by atoms with van der Waals surface area (Å²) >= 11 is 0. The molecular formula is C21H16O13S-2. The predicted molar refractivity (Wildman–Crippen MR) is 111 cm³/mol. The molecule has 186 valence electrons. The number of carbonyl (C=O) groups excluding carboxylic acids is 1. The van der Waals surface area contributed by atoms with E-state index in [0.717, 1.165) is 6.26 Å². The van der Waals surface area contributed by atoms with E-state index >= 15 is 0 Å². The Morgan fingerprint density at radius 3 is 2.26 bits per heavy atom. The first kappa shape index (κ1) is 24.6. The monoisotopic (exact) mass is 508 g/mol. The molecule has 4 rings (SSSR count). The smallest absolute Gasteiger partial charge is 0.262 e. The molecule has 2 heterocycles. The number of rotatable bonds is 6. The number of hydrogen-bond donors (Lipinski definition) is 3. The number of aliphatic hydroxyl groups is 3. The summed E-state index contributed by atoms with van der Waals surface area (Å²) in [5.41, 5.74) is 0.0438. The van der Waals surface area contributed by atoms with Crippen molar-refractivity contribution in [3.05, 3.63) is 59.0 Å². The second-order valence-corrected chi connectivity index (χ2v) is 8.47. The van der Waals surface area contributed by atoms with Gasteiger partial charge in [-0.3, -0.25) is 4.79 Å². The van der Waals surface area contributed by atoms with E-state index in [2.05, 4.69) is 4.18 Å². The summed E-state index contributed by atoms with van der Waals surface area (Å²) in [5, 5.41) is 40.9. The second-order valence-electron chi connectivity index (χ2n) is 7.49. The van der Waals surface area contributed by atoms with Crippen molar-refractivity contribution >= 4 is 27.3 Å². The minimum absolute atomic E-state index is 0.0153. The van der Waals surface area contributed by atoms with Crippen molar-refractivity contribution in [1.82, 2.24) is 0 Å². The van der Waals surface area contributed by atoms with E-state index < -0.39 is 52.5 Å². The van der Waals surface area contributed by atoms with Crippen LogP contribution in [0.3, 0.4) is 0 Å². The molecule has 0 radical (unpaired) electrons. The third-order valence-corrected chi connectivity index (χ3v) is 5.56. The Morgan fingerprint density at radius 1 is 0.971 bits per heavy atom. The van der Waals surface area contributed by atoms with E-state index in [-0.39, 0.29) is 28.0 Å². The number of carboxylic acids is 1. The summed E-state index contributed by atoms with van der Waals surface area (Å²) in [6.07, 6.45) is -8.12. The first-order valence-corrected chi connectivity index (χ1v) is 11.2. The van der Waals surface area contributed by atoms with E-state index in [1.807, 2.05) is 0 Å². The molecular weight excluding hydrogens is 492 g/mol. The van der Waals surface area contributed by atoms with Crippen molar-refractivity contribution in [2.24, 2.45) is 0 Å². The molecule has 0 spiro atoms. The van der Waals surface area contributed by atoms with E-state index in [4.69, 9.17) is 13.9 Å². The summed E-state index contributed by atoms with van der Waals surface area (Å²) in [4.78, 5) is 24.0. The Bertz CT molecular complexity index is 1410. The highest BCUT2D eigenvalue weighted by Crippen LogP contribution is 2.28. The molecule has 0 bridgehead atoms. The number of carboxylic acid groups (broad SMARTS) is 1. The SMILES string of the molecule is O=C([O-])[C@H]1O[C@@H](Oc2ccc3c(=O)c(-c4ccc(OS(=O)(=O)[O-])cc4)coc3c2)[C@H](O)[C@@H](O)[C@@H]1O. The topological polar surface area (TPSA) is 216 Å². The maximum atomic E-state index is 12.9. The summed E-state index contributed by atoms with van der Waals surface area (Å²) in [6.45, 7) is 0. The molecule has 35 heavy (non-hydrogen) atoms. The number of ether oxygens (including phenoxy) is 2. The largest absolute Gasteiger partial charge is 0.716 e. The highest BCUT2D eigenvalue weighted by molar-refractivity contribution is 7.81. The van der Waals surface area contributed by atoms with Crippen LogP contribution >= 0.6 is 0 Å². The van der Waals surface area contributed by atoms with Gasteiger partial charge in [0.15, 0.2) is 5.43 Å². The van der Waals surface area contributed by atoms with Gasteiger partial charge in [-0.05, 0) is 29.8 Å². The quantitative estimate of drug-likeness (QED) is 0.249. The predicted octanol–water partition coefficient (Wildman–Crippen LogP) is -1.76. The minimum atomic E-state index is -4.95. The highest BCUT2D eigenvalue weighted by Gasteiger charge is 2.45. The molecule has 1 saturated heterocycles. The summed E-state index contributed by atoms with van der Waals surface area (Å²) in [7, 11) is -4.95. The van der Waals surface area contributed by atoms with Gasteiger partial charge < -0.3 is 47.8 Å². The van der Waals surface area contributed by atoms with Crippen LogP contribution in [0.15, 0.2) is 57.9 Å². The molecule has 0 aliphatic carbocycles. The van der Waals surface area contributed by atoms with Gasteiger partial charge in [-0.15, -0.1) is 0 Å². The maximum Gasteiger partial charge on any atom is 0.262 e. The molecule has 13 nitrogen and oxygen atoms in total.